The van der Waals surface area contributed by atoms with Crippen LogP contribution >= 0.6 is 0 Å². The number of hydrogen-bond donors (Lipinski definition) is 4. The predicted molar refractivity (Wildman–Crippen MR) is 167 cm³/mol. The zero-order valence-electron chi connectivity index (χ0n) is 26.2. The Labute approximate surface area is 260 Å². The van der Waals surface area contributed by atoms with E-state index in [4.69, 9.17) is 9.47 Å². The third-order valence-electron chi connectivity index (χ3n) is 7.59. The number of nitrogens with one attached hydrogen (secondary N) is 3. The zero-order valence-corrected chi connectivity index (χ0v) is 27.0. The number of carbonyl (C=O) groups excluding carboxylic acids is 2. The normalized spacial score (nSPS) is 16.9. The Kier molecular flexibility index (Phi) is 10.9. The molecule has 1 aliphatic carbocycles. The van der Waals surface area contributed by atoms with Crippen LogP contribution in [0, 0.1) is 11.3 Å². The second-order valence-corrected chi connectivity index (χ2v) is 15.1. The Morgan fingerprint density at radius 1 is 1.00 bits per heavy atom. The van der Waals surface area contributed by atoms with Gasteiger partial charge in [-0.2, -0.15) is 4.31 Å². The average Bonchev–Trinajstić information content (AvgIpc) is 3.67. The van der Waals surface area contributed by atoms with Crippen LogP contribution in [0.2, 0.25) is 0 Å². The molecule has 1 saturated carbocycles. The number of ether oxygens (including phenoxy) is 2. The number of aliphatic hydroxyl groups is 1. The quantitative estimate of drug-likeness (QED) is 0.235. The number of amides is 2. The number of hydrogen-bond acceptors (Lipinski definition) is 8. The minimum absolute atomic E-state index is 0.0150. The van der Waals surface area contributed by atoms with E-state index in [1.54, 1.807) is 6.07 Å². The lowest BCUT2D eigenvalue weighted by atomic mass is 9.85. The Morgan fingerprint density at radius 2 is 1.68 bits per heavy atom. The lowest BCUT2D eigenvalue weighted by molar-refractivity contribution is -0.132. The van der Waals surface area contributed by atoms with Crippen molar-refractivity contribution in [2.75, 3.05) is 26.4 Å². The molecule has 2 aromatic carbocycles. The monoisotopic (exact) mass is 630 g/mol. The van der Waals surface area contributed by atoms with Crippen molar-refractivity contribution in [3.05, 3.63) is 54.1 Å². The number of fused-ring (bicyclic) bond motifs is 1. The molecule has 4 N–H and O–H groups in total. The van der Waals surface area contributed by atoms with E-state index in [0.717, 1.165) is 18.4 Å². The van der Waals surface area contributed by atoms with E-state index >= 15 is 0 Å². The van der Waals surface area contributed by atoms with Crippen molar-refractivity contribution in [3.8, 4) is 11.5 Å². The highest BCUT2D eigenvalue weighted by Crippen LogP contribution is 2.35. The molecule has 1 aliphatic heterocycles. The van der Waals surface area contributed by atoms with Gasteiger partial charge in [-0.05, 0) is 48.3 Å². The number of benzene rings is 2. The smallest absolute Gasteiger partial charge is 0.243 e. The number of rotatable bonds is 15. The van der Waals surface area contributed by atoms with E-state index in [-0.39, 0.29) is 49.6 Å². The first kappa shape index (κ1) is 33.7. The van der Waals surface area contributed by atoms with Crippen molar-refractivity contribution < 1.29 is 32.6 Å². The highest BCUT2D eigenvalue weighted by molar-refractivity contribution is 7.89. The molecule has 2 aliphatic rings. The van der Waals surface area contributed by atoms with Crippen LogP contribution < -0.4 is 25.4 Å². The van der Waals surface area contributed by atoms with Gasteiger partial charge in [0.1, 0.15) is 6.04 Å². The third kappa shape index (κ3) is 9.16. The summed E-state index contributed by atoms with van der Waals surface area (Å²) in [6.07, 6.45) is 1.05. The minimum Gasteiger partial charge on any atom is -0.454 e. The topological polar surface area (TPSA) is 146 Å². The van der Waals surface area contributed by atoms with Crippen LogP contribution in [0.3, 0.4) is 0 Å². The van der Waals surface area contributed by atoms with E-state index in [9.17, 15) is 23.1 Å². The highest BCUT2D eigenvalue weighted by Gasteiger charge is 2.37. The summed E-state index contributed by atoms with van der Waals surface area (Å²) in [6.45, 7) is 9.38. The SMILES string of the molecule is CC(C)CN(C[C@@H](O)[C@H](Cc1ccccc1)NC(=O)[C@@H](NC(=O)CNC1CC1)C(C)(C)C)S(=O)(=O)c1ccc2c(c1)OCO2. The van der Waals surface area contributed by atoms with Crippen LogP contribution in [-0.4, -0.2) is 80.3 Å². The fraction of sp³-hybridized carbons (Fsp3) is 0.562. The first-order chi connectivity index (χ1) is 20.7. The van der Waals surface area contributed by atoms with Gasteiger partial charge in [-0.15, -0.1) is 0 Å². The molecule has 1 heterocycles. The molecule has 44 heavy (non-hydrogen) atoms. The summed E-state index contributed by atoms with van der Waals surface area (Å²) >= 11 is 0. The molecule has 0 unspecified atom stereocenters. The van der Waals surface area contributed by atoms with Crippen LogP contribution in [0.4, 0.5) is 0 Å². The van der Waals surface area contributed by atoms with Crippen LogP contribution in [0.25, 0.3) is 0 Å². The van der Waals surface area contributed by atoms with Crippen molar-refractivity contribution in [1.82, 2.24) is 20.3 Å². The van der Waals surface area contributed by atoms with Gasteiger partial charge in [-0.3, -0.25) is 9.59 Å². The maximum atomic E-state index is 13.9. The highest BCUT2D eigenvalue weighted by atomic mass is 32.2. The Balaban J connectivity index is 1.56. The first-order valence-electron chi connectivity index (χ1n) is 15.2. The van der Waals surface area contributed by atoms with Crippen LogP contribution in [-0.2, 0) is 26.0 Å². The molecular formula is C32H46N4O7S. The van der Waals surface area contributed by atoms with Gasteiger partial charge in [0.05, 0.1) is 23.6 Å². The third-order valence-corrected chi connectivity index (χ3v) is 9.42. The van der Waals surface area contributed by atoms with E-state index < -0.39 is 39.5 Å². The number of nitrogens with zero attached hydrogens (tertiary/aromatic N) is 1. The summed E-state index contributed by atoms with van der Waals surface area (Å²) in [5, 5.41) is 20.6. The largest absolute Gasteiger partial charge is 0.454 e. The van der Waals surface area contributed by atoms with Crippen LogP contribution in [0.5, 0.6) is 11.5 Å². The maximum absolute atomic E-state index is 13.9. The van der Waals surface area contributed by atoms with Gasteiger partial charge in [-0.1, -0.05) is 65.0 Å². The molecule has 242 valence electrons. The summed E-state index contributed by atoms with van der Waals surface area (Å²) in [5.74, 6) is 0.0241. The molecule has 0 radical (unpaired) electrons. The lowest BCUT2D eigenvalue weighted by Crippen LogP contribution is -2.59. The second kappa shape index (κ2) is 14.3. The number of sulfonamides is 1. The van der Waals surface area contributed by atoms with Crippen LogP contribution in [0.15, 0.2) is 53.4 Å². The minimum atomic E-state index is -4.05. The van der Waals surface area contributed by atoms with Crippen molar-refractivity contribution in [3.63, 3.8) is 0 Å². The van der Waals surface area contributed by atoms with Gasteiger partial charge in [0.15, 0.2) is 11.5 Å². The molecule has 0 aromatic heterocycles. The molecule has 0 saturated heterocycles. The molecule has 11 nitrogen and oxygen atoms in total. The Morgan fingerprint density at radius 3 is 2.32 bits per heavy atom. The number of carbonyl (C=O) groups is 2. The van der Waals surface area contributed by atoms with Gasteiger partial charge >= 0.3 is 0 Å². The standard InChI is InChI=1S/C32H46N4O7S/c1-21(2)18-36(44(40,41)24-13-14-27-28(16-24)43-20-42-27)19-26(37)25(15-22-9-7-6-8-10-22)34-31(39)30(32(3,4)5)35-29(38)17-33-23-11-12-23/h6-10,13-14,16,21,23,25-26,30,33,37H,11-12,15,17-20H2,1-5H3,(H,34,39)(H,35,38)/t25-,26+,30+/m0/s1. The van der Waals surface area contributed by atoms with Crippen molar-refractivity contribution in [2.24, 2.45) is 11.3 Å². The average molecular weight is 631 g/mol. The summed E-state index contributed by atoms with van der Waals surface area (Å²) in [4.78, 5) is 26.5. The lowest BCUT2D eigenvalue weighted by Gasteiger charge is -2.34. The molecule has 1 fully saturated rings. The van der Waals surface area contributed by atoms with E-state index in [1.165, 1.54) is 16.4 Å². The number of aliphatic hydroxyl groups excluding tert-OH is 1. The molecule has 12 heteroatoms. The molecule has 3 atom stereocenters. The Hall–Kier alpha value is -3.19. The fourth-order valence-corrected chi connectivity index (χ4v) is 6.67. The summed E-state index contributed by atoms with van der Waals surface area (Å²) in [7, 11) is -4.05. The second-order valence-electron chi connectivity index (χ2n) is 13.1. The predicted octanol–water partition coefficient (Wildman–Crippen LogP) is 2.43. The van der Waals surface area contributed by atoms with Gasteiger partial charge < -0.3 is 30.5 Å². The molecule has 2 amide bonds. The van der Waals surface area contributed by atoms with Crippen LogP contribution in [0.1, 0.15) is 53.0 Å². The fourth-order valence-electron chi connectivity index (χ4n) is 5.03. The van der Waals surface area contributed by atoms with Gasteiger partial charge in [0.25, 0.3) is 0 Å². The molecule has 0 spiro atoms. The van der Waals surface area contributed by atoms with Crippen molar-refractivity contribution >= 4 is 21.8 Å². The molecule has 0 bridgehead atoms. The van der Waals surface area contributed by atoms with Gasteiger partial charge in [-0.25, -0.2) is 8.42 Å². The van der Waals surface area contributed by atoms with Crippen molar-refractivity contribution in [1.29, 1.82) is 0 Å². The zero-order chi connectivity index (χ0) is 32.1. The summed E-state index contributed by atoms with van der Waals surface area (Å²) < 4.78 is 39.7. The summed E-state index contributed by atoms with van der Waals surface area (Å²) in [5.41, 5.74) is 0.226. The van der Waals surface area contributed by atoms with E-state index in [0.29, 0.717) is 17.5 Å². The van der Waals surface area contributed by atoms with E-state index in [1.807, 2.05) is 65.0 Å². The molecule has 2 aromatic rings. The maximum Gasteiger partial charge on any atom is 0.243 e. The van der Waals surface area contributed by atoms with Gasteiger partial charge in [0.2, 0.25) is 28.6 Å². The Bertz CT molecular complexity index is 1390. The van der Waals surface area contributed by atoms with Gasteiger partial charge in [0, 0.05) is 25.2 Å². The molecule has 4 rings (SSSR count). The first-order valence-corrected chi connectivity index (χ1v) is 16.6. The molecular weight excluding hydrogens is 584 g/mol. The van der Waals surface area contributed by atoms with Crippen molar-refractivity contribution in [2.45, 2.75) is 83.0 Å². The van der Waals surface area contributed by atoms with E-state index in [2.05, 4.69) is 16.0 Å². The summed E-state index contributed by atoms with van der Waals surface area (Å²) in [6, 6.07) is 12.4.